The Morgan fingerprint density at radius 1 is 0.921 bits per heavy atom. The molecule has 0 bridgehead atoms. The minimum absolute atomic E-state index is 0.0409. The molecule has 0 spiro atoms. The average molecular weight is 524 g/mol. The Labute approximate surface area is 220 Å². The highest BCUT2D eigenvalue weighted by molar-refractivity contribution is 6.27. The number of rotatable bonds is 7. The van der Waals surface area contributed by atoms with E-state index >= 15 is 0 Å². The summed E-state index contributed by atoms with van der Waals surface area (Å²) in [7, 11) is 0. The van der Waals surface area contributed by atoms with E-state index in [9.17, 15) is 9.59 Å². The van der Waals surface area contributed by atoms with Crippen LogP contribution in [-0.4, -0.2) is 80.9 Å². The zero-order valence-electron chi connectivity index (χ0n) is 21.5. The molecule has 4 N–H and O–H groups in total. The van der Waals surface area contributed by atoms with E-state index < -0.39 is 11.9 Å². The Hall–Kier alpha value is -4.25. The first-order valence-electron chi connectivity index (χ1n) is 12.5. The number of carbonyl (C=O) groups is 4. The summed E-state index contributed by atoms with van der Waals surface area (Å²) in [5, 5.41) is 26.4. The van der Waals surface area contributed by atoms with Gasteiger partial charge in [-0.15, -0.1) is 0 Å². The van der Waals surface area contributed by atoms with E-state index in [0.717, 1.165) is 43.4 Å². The Morgan fingerprint density at radius 3 is 2.13 bits per heavy atom. The van der Waals surface area contributed by atoms with Crippen LogP contribution in [0, 0.1) is 0 Å². The van der Waals surface area contributed by atoms with Crippen LogP contribution >= 0.6 is 0 Å². The third kappa shape index (κ3) is 7.62. The van der Waals surface area contributed by atoms with E-state index in [1.807, 2.05) is 59.3 Å². The maximum absolute atomic E-state index is 13.0. The molecule has 0 saturated carbocycles. The van der Waals surface area contributed by atoms with Gasteiger partial charge in [-0.2, -0.15) is 5.10 Å². The lowest BCUT2D eigenvalue weighted by Gasteiger charge is -2.32. The highest BCUT2D eigenvalue weighted by Gasteiger charge is 2.24. The van der Waals surface area contributed by atoms with Crippen molar-refractivity contribution in [1.29, 1.82) is 0 Å². The van der Waals surface area contributed by atoms with Gasteiger partial charge in [0.1, 0.15) is 0 Å². The second kappa shape index (κ2) is 13.3. The van der Waals surface area contributed by atoms with Crippen molar-refractivity contribution in [3.63, 3.8) is 0 Å². The number of nitrogens with one attached hydrogen (secondary N) is 2. The Balaban J connectivity index is 0.000000599. The van der Waals surface area contributed by atoms with Gasteiger partial charge in [0, 0.05) is 49.2 Å². The SMILES string of the molecule is CC(C)n1nc(C(=O)NC2CCN(CCNC(=O)c3ccccc3)CC2)c2ccccc21.O=C(O)C(=O)O. The molecule has 0 atom stereocenters. The molecule has 2 amide bonds. The van der Waals surface area contributed by atoms with Crippen molar-refractivity contribution in [3.8, 4) is 0 Å². The number of amides is 2. The van der Waals surface area contributed by atoms with Gasteiger partial charge in [-0.25, -0.2) is 9.59 Å². The molecule has 0 unspecified atom stereocenters. The standard InChI is InChI=1S/C25H31N5O2.C2H2O4/c1-18(2)30-22-11-7-6-10-21(22)23(28-30)25(32)27-20-12-15-29(16-13-20)17-14-26-24(31)19-8-4-3-5-9-19;3-1(4)2(5)6/h3-11,18,20H,12-17H2,1-2H3,(H,26,31)(H,27,32);(H,3,4)(H,5,6). The van der Waals surface area contributed by atoms with E-state index in [-0.39, 0.29) is 23.9 Å². The number of nitrogens with zero attached hydrogens (tertiary/aromatic N) is 3. The summed E-state index contributed by atoms with van der Waals surface area (Å²) in [6, 6.07) is 17.5. The minimum atomic E-state index is -1.82. The van der Waals surface area contributed by atoms with Crippen molar-refractivity contribution in [1.82, 2.24) is 25.3 Å². The van der Waals surface area contributed by atoms with E-state index in [1.54, 1.807) is 0 Å². The fourth-order valence-electron chi connectivity index (χ4n) is 4.22. The monoisotopic (exact) mass is 523 g/mol. The number of piperidine rings is 1. The molecule has 38 heavy (non-hydrogen) atoms. The summed E-state index contributed by atoms with van der Waals surface area (Å²) in [5.74, 6) is -3.79. The van der Waals surface area contributed by atoms with Crippen LogP contribution in [0.5, 0.6) is 0 Å². The molecule has 11 heteroatoms. The number of aliphatic carboxylic acids is 2. The first-order valence-corrected chi connectivity index (χ1v) is 12.5. The fraction of sp³-hybridized carbons (Fsp3) is 0.370. The van der Waals surface area contributed by atoms with Gasteiger partial charge in [0.25, 0.3) is 11.8 Å². The van der Waals surface area contributed by atoms with Crippen molar-refractivity contribution in [2.75, 3.05) is 26.2 Å². The number of para-hydroxylation sites is 1. The van der Waals surface area contributed by atoms with Crippen LogP contribution in [0.1, 0.15) is 53.6 Å². The van der Waals surface area contributed by atoms with Crippen LogP contribution in [0.3, 0.4) is 0 Å². The van der Waals surface area contributed by atoms with Crippen molar-refractivity contribution >= 4 is 34.7 Å². The summed E-state index contributed by atoms with van der Waals surface area (Å²) in [5.41, 5.74) is 2.17. The molecule has 0 aliphatic carbocycles. The van der Waals surface area contributed by atoms with Crippen LogP contribution in [-0.2, 0) is 9.59 Å². The first-order chi connectivity index (χ1) is 18.2. The molecule has 1 saturated heterocycles. The predicted octanol–water partition coefficient (Wildman–Crippen LogP) is 2.40. The molecule has 1 aliphatic rings. The Morgan fingerprint density at radius 2 is 1.53 bits per heavy atom. The van der Waals surface area contributed by atoms with E-state index in [4.69, 9.17) is 19.8 Å². The van der Waals surface area contributed by atoms with Crippen LogP contribution in [0.4, 0.5) is 0 Å². The largest absolute Gasteiger partial charge is 0.473 e. The second-order valence-corrected chi connectivity index (χ2v) is 9.23. The summed E-state index contributed by atoms with van der Waals surface area (Å²) >= 11 is 0. The van der Waals surface area contributed by atoms with Gasteiger partial charge in [-0.1, -0.05) is 36.4 Å². The highest BCUT2D eigenvalue weighted by atomic mass is 16.4. The van der Waals surface area contributed by atoms with Gasteiger partial charge in [0.15, 0.2) is 5.69 Å². The van der Waals surface area contributed by atoms with Crippen LogP contribution < -0.4 is 10.6 Å². The quantitative estimate of drug-likeness (QED) is 0.344. The summed E-state index contributed by atoms with van der Waals surface area (Å²) in [6.07, 6.45) is 1.78. The minimum Gasteiger partial charge on any atom is -0.473 e. The molecule has 0 radical (unpaired) electrons. The number of carboxylic acids is 2. The number of aromatic nitrogens is 2. The summed E-state index contributed by atoms with van der Waals surface area (Å²) < 4.78 is 1.91. The van der Waals surface area contributed by atoms with E-state index in [1.165, 1.54) is 0 Å². The van der Waals surface area contributed by atoms with Crippen molar-refractivity contribution < 1.29 is 29.4 Å². The topological polar surface area (TPSA) is 154 Å². The number of hydrogen-bond donors (Lipinski definition) is 4. The Bertz CT molecular complexity index is 1250. The molecule has 202 valence electrons. The predicted molar refractivity (Wildman–Crippen MR) is 141 cm³/mol. The number of hydrogen-bond acceptors (Lipinski definition) is 6. The van der Waals surface area contributed by atoms with Crippen molar-refractivity contribution in [2.24, 2.45) is 0 Å². The van der Waals surface area contributed by atoms with Crippen molar-refractivity contribution in [2.45, 2.75) is 38.8 Å². The molecule has 2 heterocycles. The number of benzene rings is 2. The maximum Gasteiger partial charge on any atom is 0.414 e. The lowest BCUT2D eigenvalue weighted by molar-refractivity contribution is -0.159. The van der Waals surface area contributed by atoms with Crippen molar-refractivity contribution in [3.05, 3.63) is 65.9 Å². The molecular weight excluding hydrogens is 490 g/mol. The van der Waals surface area contributed by atoms with Crippen LogP contribution in [0.15, 0.2) is 54.6 Å². The zero-order chi connectivity index (χ0) is 27.7. The zero-order valence-corrected chi connectivity index (χ0v) is 21.5. The normalized spacial score (nSPS) is 14.0. The van der Waals surface area contributed by atoms with Gasteiger partial charge in [-0.3, -0.25) is 14.3 Å². The highest BCUT2D eigenvalue weighted by Crippen LogP contribution is 2.22. The molecule has 11 nitrogen and oxygen atoms in total. The first kappa shape index (κ1) is 28.3. The van der Waals surface area contributed by atoms with Gasteiger partial charge < -0.3 is 25.7 Å². The van der Waals surface area contributed by atoms with Gasteiger partial charge in [-0.05, 0) is 44.9 Å². The third-order valence-corrected chi connectivity index (χ3v) is 6.17. The third-order valence-electron chi connectivity index (χ3n) is 6.17. The Kier molecular flexibility index (Phi) is 9.94. The van der Waals surface area contributed by atoms with Crippen LogP contribution in [0.25, 0.3) is 10.9 Å². The second-order valence-electron chi connectivity index (χ2n) is 9.23. The van der Waals surface area contributed by atoms with E-state index in [2.05, 4.69) is 34.5 Å². The molecule has 2 aromatic carbocycles. The molecular formula is C27H33N5O6. The molecule has 4 rings (SSSR count). The number of carbonyl (C=O) groups excluding carboxylic acids is 2. The van der Waals surface area contributed by atoms with E-state index in [0.29, 0.717) is 17.8 Å². The number of fused-ring (bicyclic) bond motifs is 1. The molecule has 1 aliphatic heterocycles. The summed E-state index contributed by atoms with van der Waals surface area (Å²) in [4.78, 5) is 45.7. The number of likely N-dealkylation sites (tertiary alicyclic amines) is 1. The van der Waals surface area contributed by atoms with Gasteiger partial charge in [0.05, 0.1) is 5.52 Å². The average Bonchev–Trinajstić information content (AvgIpc) is 3.31. The van der Waals surface area contributed by atoms with Crippen LogP contribution in [0.2, 0.25) is 0 Å². The number of carboxylic acid groups (broad SMARTS) is 2. The molecule has 3 aromatic rings. The lowest BCUT2D eigenvalue weighted by Crippen LogP contribution is -2.46. The van der Waals surface area contributed by atoms with Gasteiger partial charge in [0.2, 0.25) is 0 Å². The smallest absolute Gasteiger partial charge is 0.414 e. The van der Waals surface area contributed by atoms with Gasteiger partial charge >= 0.3 is 11.9 Å². The molecule has 1 fully saturated rings. The fourth-order valence-corrected chi connectivity index (χ4v) is 4.22. The molecule has 1 aromatic heterocycles. The summed E-state index contributed by atoms with van der Waals surface area (Å²) in [6.45, 7) is 7.35. The maximum atomic E-state index is 13.0. The lowest BCUT2D eigenvalue weighted by atomic mass is 10.0.